The molecule has 1 fully saturated rings. The number of alkyl halides is 2. The molecule has 0 bridgehead atoms. The molecular weight excluding hydrogens is 308 g/mol. The maximum Gasteiger partial charge on any atom is 0.261 e. The van der Waals surface area contributed by atoms with Crippen LogP contribution in [0.3, 0.4) is 0 Å². The zero-order valence-corrected chi connectivity index (χ0v) is 14.3. The Bertz CT molecular complexity index is 342. The maximum absolute atomic E-state index is 12.6. The molecule has 2 unspecified atom stereocenters. The number of rotatable bonds is 7. The van der Waals surface area contributed by atoms with E-state index in [0.29, 0.717) is 18.6 Å². The number of nitrogens with one attached hydrogen (secondary N) is 3. The van der Waals surface area contributed by atoms with Crippen LogP contribution in [0.4, 0.5) is 8.78 Å². The lowest BCUT2D eigenvalue weighted by Crippen LogP contribution is -2.32. The number of amides is 2. The molecule has 6 nitrogen and oxygen atoms in total. The topological polar surface area (TPSA) is 87.3 Å². The highest BCUT2D eigenvalue weighted by molar-refractivity contribution is 5.80. The molecular formula is C15H29F2N3O3. The zero-order valence-electron chi connectivity index (χ0n) is 14.3. The van der Waals surface area contributed by atoms with Crippen molar-refractivity contribution in [2.45, 2.75) is 39.0 Å². The normalized spacial score (nSPS) is 17.7. The zero-order chi connectivity index (χ0) is 18.3. The largest absolute Gasteiger partial charge is 0.362 e. The SMILES string of the molecule is CCC1CCNC1=O.CNC=O.CNCC(F)(F)CC(C)C=O. The fourth-order valence-electron chi connectivity index (χ4n) is 1.88. The summed E-state index contributed by atoms with van der Waals surface area (Å²) in [6.07, 6.45) is 2.82. The van der Waals surface area contributed by atoms with Crippen LogP contribution < -0.4 is 16.0 Å². The number of hydrogen-bond acceptors (Lipinski definition) is 4. The van der Waals surface area contributed by atoms with Crippen LogP contribution in [-0.4, -0.2) is 51.7 Å². The minimum Gasteiger partial charge on any atom is -0.362 e. The van der Waals surface area contributed by atoms with E-state index in [-0.39, 0.29) is 18.9 Å². The molecule has 136 valence electrons. The summed E-state index contributed by atoms with van der Waals surface area (Å²) in [7, 11) is 3.02. The van der Waals surface area contributed by atoms with Crippen LogP contribution in [0.15, 0.2) is 0 Å². The summed E-state index contributed by atoms with van der Waals surface area (Å²) in [5.74, 6) is -2.78. The van der Waals surface area contributed by atoms with Crippen LogP contribution in [0.25, 0.3) is 0 Å². The summed E-state index contributed by atoms with van der Waals surface area (Å²) in [4.78, 5) is 29.8. The van der Waals surface area contributed by atoms with Crippen LogP contribution in [0, 0.1) is 11.8 Å². The standard InChI is InChI=1S/C7H13F2NO.C6H11NO.C2H5NO/c1-6(4-11)3-7(8,9)5-10-2;1-2-5-3-4-7-6(5)8;1-3-2-4/h4,6,10H,3,5H2,1-2H3;5H,2-4H2,1H3,(H,7,8);2H,1H3,(H,3,4). The van der Waals surface area contributed by atoms with Gasteiger partial charge in [0.25, 0.3) is 5.92 Å². The van der Waals surface area contributed by atoms with Gasteiger partial charge in [0.15, 0.2) is 0 Å². The van der Waals surface area contributed by atoms with Gasteiger partial charge in [0.2, 0.25) is 12.3 Å². The molecule has 3 N–H and O–H groups in total. The summed E-state index contributed by atoms with van der Waals surface area (Å²) in [5, 5.41) is 7.40. The molecule has 0 aromatic carbocycles. The quantitative estimate of drug-likeness (QED) is 0.604. The summed E-state index contributed by atoms with van der Waals surface area (Å²) >= 11 is 0. The Morgan fingerprint density at radius 3 is 2.22 bits per heavy atom. The minimum atomic E-state index is -2.77. The molecule has 1 aliphatic rings. The maximum atomic E-state index is 12.6. The van der Waals surface area contributed by atoms with Crippen LogP contribution in [0.1, 0.15) is 33.1 Å². The smallest absolute Gasteiger partial charge is 0.261 e. The first-order valence-corrected chi connectivity index (χ1v) is 7.64. The number of carbonyl (C=O) groups excluding carboxylic acids is 3. The van der Waals surface area contributed by atoms with Crippen molar-refractivity contribution in [3.8, 4) is 0 Å². The second kappa shape index (κ2) is 14.0. The van der Waals surface area contributed by atoms with Crippen molar-refractivity contribution in [1.29, 1.82) is 0 Å². The van der Waals surface area contributed by atoms with E-state index in [1.807, 2.05) is 0 Å². The summed E-state index contributed by atoms with van der Waals surface area (Å²) in [6, 6.07) is 0. The van der Waals surface area contributed by atoms with Crippen LogP contribution >= 0.6 is 0 Å². The highest BCUT2D eigenvalue weighted by Crippen LogP contribution is 2.21. The number of hydrogen-bond donors (Lipinski definition) is 3. The minimum absolute atomic E-state index is 0.243. The van der Waals surface area contributed by atoms with Gasteiger partial charge in [-0.2, -0.15) is 0 Å². The van der Waals surface area contributed by atoms with E-state index >= 15 is 0 Å². The van der Waals surface area contributed by atoms with Crippen LogP contribution in [0.5, 0.6) is 0 Å². The highest BCUT2D eigenvalue weighted by Gasteiger charge is 2.29. The first kappa shape index (κ1) is 23.7. The predicted octanol–water partition coefficient (Wildman–Crippen LogP) is 0.961. The molecule has 2 atom stereocenters. The predicted molar refractivity (Wildman–Crippen MR) is 85.3 cm³/mol. The third-order valence-corrected chi connectivity index (χ3v) is 3.06. The van der Waals surface area contributed by atoms with Crippen molar-refractivity contribution in [2.24, 2.45) is 11.8 Å². The molecule has 1 heterocycles. The Hall–Kier alpha value is -1.57. The van der Waals surface area contributed by atoms with Gasteiger partial charge in [-0.1, -0.05) is 13.8 Å². The number of carbonyl (C=O) groups is 3. The van der Waals surface area contributed by atoms with Crippen molar-refractivity contribution in [2.75, 3.05) is 27.2 Å². The van der Waals surface area contributed by atoms with E-state index in [4.69, 9.17) is 4.79 Å². The lowest BCUT2D eigenvalue weighted by molar-refractivity contribution is -0.122. The van der Waals surface area contributed by atoms with Gasteiger partial charge in [0, 0.05) is 31.8 Å². The van der Waals surface area contributed by atoms with Crippen molar-refractivity contribution in [1.82, 2.24) is 16.0 Å². The van der Waals surface area contributed by atoms with Gasteiger partial charge in [-0.05, 0) is 19.9 Å². The summed E-state index contributed by atoms with van der Waals surface area (Å²) in [5.41, 5.74) is 0. The lowest BCUT2D eigenvalue weighted by atomic mass is 10.0. The number of aldehydes is 1. The van der Waals surface area contributed by atoms with E-state index in [0.717, 1.165) is 19.4 Å². The van der Waals surface area contributed by atoms with E-state index in [1.165, 1.54) is 14.0 Å². The van der Waals surface area contributed by atoms with E-state index < -0.39 is 11.8 Å². The van der Waals surface area contributed by atoms with Gasteiger partial charge in [-0.3, -0.25) is 9.59 Å². The van der Waals surface area contributed by atoms with Crippen molar-refractivity contribution >= 4 is 18.6 Å². The van der Waals surface area contributed by atoms with Gasteiger partial charge in [0.1, 0.15) is 6.29 Å². The van der Waals surface area contributed by atoms with Gasteiger partial charge in [-0.25, -0.2) is 8.78 Å². The van der Waals surface area contributed by atoms with Crippen molar-refractivity contribution < 1.29 is 23.2 Å². The van der Waals surface area contributed by atoms with E-state index in [1.54, 1.807) is 7.05 Å². The average Bonchev–Trinajstić information content (AvgIpc) is 2.92. The number of halogens is 2. The Kier molecular flexibility index (Phi) is 14.5. The molecule has 0 spiro atoms. The van der Waals surface area contributed by atoms with Crippen molar-refractivity contribution in [3.63, 3.8) is 0 Å². The first-order chi connectivity index (χ1) is 10.8. The Morgan fingerprint density at radius 2 is 1.96 bits per heavy atom. The molecule has 0 radical (unpaired) electrons. The third kappa shape index (κ3) is 13.8. The molecule has 1 rings (SSSR count). The molecule has 1 saturated heterocycles. The van der Waals surface area contributed by atoms with Crippen LogP contribution in [-0.2, 0) is 14.4 Å². The third-order valence-electron chi connectivity index (χ3n) is 3.06. The molecule has 0 aliphatic carbocycles. The Morgan fingerprint density at radius 1 is 1.39 bits per heavy atom. The summed E-state index contributed by atoms with van der Waals surface area (Å²) in [6.45, 7) is 4.05. The average molecular weight is 337 g/mol. The van der Waals surface area contributed by atoms with Gasteiger partial charge < -0.3 is 20.7 Å². The molecule has 0 aromatic rings. The summed E-state index contributed by atoms with van der Waals surface area (Å²) < 4.78 is 25.3. The molecule has 8 heteroatoms. The van der Waals surface area contributed by atoms with Gasteiger partial charge in [0.05, 0.1) is 6.54 Å². The first-order valence-electron chi connectivity index (χ1n) is 7.64. The molecule has 0 aromatic heterocycles. The second-order valence-electron chi connectivity index (χ2n) is 5.30. The van der Waals surface area contributed by atoms with E-state index in [9.17, 15) is 18.4 Å². The fourth-order valence-corrected chi connectivity index (χ4v) is 1.88. The molecule has 0 saturated carbocycles. The van der Waals surface area contributed by atoms with Crippen LogP contribution in [0.2, 0.25) is 0 Å². The Labute approximate surface area is 136 Å². The highest BCUT2D eigenvalue weighted by atomic mass is 19.3. The van der Waals surface area contributed by atoms with Crippen molar-refractivity contribution in [3.05, 3.63) is 0 Å². The Balaban J connectivity index is 0. The van der Waals surface area contributed by atoms with Gasteiger partial charge in [-0.15, -0.1) is 0 Å². The lowest BCUT2D eigenvalue weighted by Gasteiger charge is -2.16. The molecule has 23 heavy (non-hydrogen) atoms. The second-order valence-corrected chi connectivity index (χ2v) is 5.30. The molecule has 2 amide bonds. The van der Waals surface area contributed by atoms with E-state index in [2.05, 4.69) is 22.9 Å². The van der Waals surface area contributed by atoms with Gasteiger partial charge >= 0.3 is 0 Å². The fraction of sp³-hybridized carbons (Fsp3) is 0.800. The monoisotopic (exact) mass is 337 g/mol. The molecule has 1 aliphatic heterocycles.